The van der Waals surface area contributed by atoms with E-state index in [0.717, 1.165) is 67.0 Å². The van der Waals surface area contributed by atoms with Crippen LogP contribution in [0.3, 0.4) is 0 Å². The summed E-state index contributed by atoms with van der Waals surface area (Å²) in [4.78, 5) is 0.230. The molecule has 0 aliphatic heterocycles. The van der Waals surface area contributed by atoms with Crippen LogP contribution in [0.25, 0.3) is 11.1 Å². The van der Waals surface area contributed by atoms with Gasteiger partial charge in [-0.3, -0.25) is 0 Å². The highest BCUT2D eigenvalue weighted by atomic mass is 32.2. The molecule has 0 heterocycles. The summed E-state index contributed by atoms with van der Waals surface area (Å²) in [5.74, 6) is 0. The molecule has 0 radical (unpaired) electrons. The number of benzene rings is 4. The standard InChI is InChI=1S/C30H31N3O2S/c1-17-12-21(13-18(2)28(17)31)30(22-14-19(3)29(32)20(4)15-22)26-9-7-6-8-24(26)25-11-10-23(16-27(25)30)36(34,35)33-5/h6-16,33H,31-32H2,1-5H3. The molecule has 0 fully saturated rings. The second-order valence-corrected chi connectivity index (χ2v) is 11.6. The molecule has 5 nitrogen and oxygen atoms in total. The number of rotatable bonds is 4. The van der Waals surface area contributed by atoms with Crippen molar-refractivity contribution in [3.63, 3.8) is 0 Å². The largest absolute Gasteiger partial charge is 0.398 e. The molecular formula is C30H31N3O2S. The third-order valence-electron chi connectivity index (χ3n) is 7.65. The summed E-state index contributed by atoms with van der Waals surface area (Å²) in [5, 5.41) is 0. The third-order valence-corrected chi connectivity index (χ3v) is 9.06. The molecule has 6 heteroatoms. The Morgan fingerprint density at radius 3 is 1.64 bits per heavy atom. The number of fused-ring (bicyclic) bond motifs is 3. The Morgan fingerprint density at radius 2 is 1.14 bits per heavy atom. The van der Waals surface area contributed by atoms with Crippen LogP contribution in [0.4, 0.5) is 11.4 Å². The highest BCUT2D eigenvalue weighted by Gasteiger charge is 2.47. The first-order chi connectivity index (χ1) is 17.0. The zero-order valence-corrected chi connectivity index (χ0v) is 22.0. The van der Waals surface area contributed by atoms with Crippen molar-refractivity contribution in [1.29, 1.82) is 0 Å². The smallest absolute Gasteiger partial charge is 0.240 e. The topological polar surface area (TPSA) is 98.2 Å². The van der Waals surface area contributed by atoms with Gasteiger partial charge in [-0.05, 0) is 103 Å². The quantitative estimate of drug-likeness (QED) is 0.291. The Bertz CT molecular complexity index is 1550. The molecule has 36 heavy (non-hydrogen) atoms. The fourth-order valence-corrected chi connectivity index (χ4v) is 6.47. The van der Waals surface area contributed by atoms with Gasteiger partial charge in [-0.2, -0.15) is 0 Å². The Balaban J connectivity index is 2.02. The number of nitrogen functional groups attached to an aromatic ring is 2. The van der Waals surface area contributed by atoms with Crippen LogP contribution in [0, 0.1) is 27.7 Å². The van der Waals surface area contributed by atoms with Gasteiger partial charge in [-0.1, -0.05) is 54.6 Å². The van der Waals surface area contributed by atoms with Crippen LogP contribution in [0.5, 0.6) is 0 Å². The van der Waals surface area contributed by atoms with Crippen molar-refractivity contribution in [2.75, 3.05) is 18.5 Å². The SMILES string of the molecule is CNS(=O)(=O)c1ccc2c(c1)C(c1cc(C)c(N)c(C)c1)(c1cc(C)c(N)c(C)c1)c1ccccc1-2. The molecule has 5 N–H and O–H groups in total. The predicted octanol–water partition coefficient (Wildman–Crippen LogP) is 5.36. The molecule has 5 rings (SSSR count). The summed E-state index contributed by atoms with van der Waals surface area (Å²) in [5.41, 5.74) is 23.7. The van der Waals surface area contributed by atoms with Gasteiger partial charge >= 0.3 is 0 Å². The van der Waals surface area contributed by atoms with Gasteiger partial charge in [0, 0.05) is 11.4 Å². The van der Waals surface area contributed by atoms with E-state index in [-0.39, 0.29) is 4.90 Å². The minimum atomic E-state index is -3.66. The van der Waals surface area contributed by atoms with Crippen LogP contribution >= 0.6 is 0 Å². The van der Waals surface area contributed by atoms with Gasteiger partial charge in [0.1, 0.15) is 0 Å². The zero-order valence-electron chi connectivity index (χ0n) is 21.2. The van der Waals surface area contributed by atoms with E-state index < -0.39 is 15.4 Å². The lowest BCUT2D eigenvalue weighted by molar-refractivity contribution is 0.588. The Kier molecular flexibility index (Phi) is 5.50. The van der Waals surface area contributed by atoms with Crippen molar-refractivity contribution in [1.82, 2.24) is 4.72 Å². The number of nitrogens with two attached hydrogens (primary N) is 2. The van der Waals surface area contributed by atoms with Crippen molar-refractivity contribution >= 4 is 21.4 Å². The van der Waals surface area contributed by atoms with Crippen LogP contribution in [-0.4, -0.2) is 15.5 Å². The van der Waals surface area contributed by atoms with Crippen LogP contribution in [0.15, 0.2) is 71.6 Å². The van der Waals surface area contributed by atoms with Crippen molar-refractivity contribution in [3.05, 3.63) is 111 Å². The van der Waals surface area contributed by atoms with Gasteiger partial charge in [-0.25, -0.2) is 13.1 Å². The summed E-state index contributed by atoms with van der Waals surface area (Å²) in [6, 6.07) is 22.3. The maximum Gasteiger partial charge on any atom is 0.240 e. The van der Waals surface area contributed by atoms with Crippen molar-refractivity contribution in [2.24, 2.45) is 0 Å². The predicted molar refractivity (Wildman–Crippen MR) is 148 cm³/mol. The average Bonchev–Trinajstić information content (AvgIpc) is 3.16. The first-order valence-electron chi connectivity index (χ1n) is 11.9. The van der Waals surface area contributed by atoms with E-state index in [1.54, 1.807) is 6.07 Å². The minimum Gasteiger partial charge on any atom is -0.398 e. The summed E-state index contributed by atoms with van der Waals surface area (Å²) >= 11 is 0. The molecule has 1 aliphatic carbocycles. The molecular weight excluding hydrogens is 466 g/mol. The van der Waals surface area contributed by atoms with Crippen LogP contribution in [-0.2, 0) is 15.4 Å². The number of hydrogen-bond donors (Lipinski definition) is 3. The summed E-state index contributed by atoms with van der Waals surface area (Å²) in [6.45, 7) is 8.07. The number of anilines is 2. The van der Waals surface area contributed by atoms with Crippen LogP contribution in [0.1, 0.15) is 44.5 Å². The van der Waals surface area contributed by atoms with E-state index in [1.165, 1.54) is 7.05 Å². The third kappa shape index (κ3) is 3.29. The summed E-state index contributed by atoms with van der Waals surface area (Å²) < 4.78 is 28.3. The molecule has 0 atom stereocenters. The maximum atomic E-state index is 12.9. The number of sulfonamides is 1. The molecule has 0 bridgehead atoms. The van der Waals surface area contributed by atoms with Gasteiger partial charge in [0.25, 0.3) is 0 Å². The second-order valence-electron chi connectivity index (χ2n) is 9.76. The molecule has 184 valence electrons. The van der Waals surface area contributed by atoms with E-state index in [9.17, 15) is 8.42 Å². The molecule has 4 aromatic rings. The Morgan fingerprint density at radius 1 is 0.667 bits per heavy atom. The van der Waals surface area contributed by atoms with Crippen molar-refractivity contribution < 1.29 is 8.42 Å². The zero-order chi connectivity index (χ0) is 26.0. The van der Waals surface area contributed by atoms with E-state index in [0.29, 0.717) is 0 Å². The van der Waals surface area contributed by atoms with E-state index >= 15 is 0 Å². The highest BCUT2D eigenvalue weighted by molar-refractivity contribution is 7.89. The Hall–Kier alpha value is -3.61. The Labute approximate surface area is 213 Å². The number of hydrogen-bond acceptors (Lipinski definition) is 4. The van der Waals surface area contributed by atoms with Crippen molar-refractivity contribution in [2.45, 2.75) is 38.0 Å². The molecule has 0 aromatic heterocycles. The monoisotopic (exact) mass is 497 g/mol. The van der Waals surface area contributed by atoms with Gasteiger partial charge in [0.2, 0.25) is 10.0 Å². The lowest BCUT2D eigenvalue weighted by Crippen LogP contribution is -2.30. The first-order valence-corrected chi connectivity index (χ1v) is 13.4. The maximum absolute atomic E-state index is 12.9. The minimum absolute atomic E-state index is 0.230. The van der Waals surface area contributed by atoms with E-state index in [2.05, 4.69) is 41.1 Å². The molecule has 1 aliphatic rings. The normalized spacial score (nSPS) is 13.9. The van der Waals surface area contributed by atoms with Gasteiger partial charge in [0.15, 0.2) is 0 Å². The number of nitrogens with one attached hydrogen (secondary N) is 1. The fourth-order valence-electron chi connectivity index (χ4n) is 5.71. The molecule has 4 aromatic carbocycles. The van der Waals surface area contributed by atoms with Gasteiger partial charge in [0.05, 0.1) is 10.3 Å². The summed E-state index contributed by atoms with van der Waals surface area (Å²) in [6.07, 6.45) is 0. The van der Waals surface area contributed by atoms with Crippen LogP contribution < -0.4 is 16.2 Å². The molecule has 0 unspecified atom stereocenters. The molecule has 0 saturated heterocycles. The number of aryl methyl sites for hydroxylation is 4. The summed E-state index contributed by atoms with van der Waals surface area (Å²) in [7, 11) is -2.22. The van der Waals surface area contributed by atoms with E-state index in [1.807, 2.05) is 52.0 Å². The highest BCUT2D eigenvalue weighted by Crippen LogP contribution is 2.57. The van der Waals surface area contributed by atoms with Gasteiger partial charge < -0.3 is 11.5 Å². The molecule has 0 spiro atoms. The lowest BCUT2D eigenvalue weighted by atomic mass is 9.66. The lowest BCUT2D eigenvalue weighted by Gasteiger charge is -2.35. The van der Waals surface area contributed by atoms with Gasteiger partial charge in [-0.15, -0.1) is 0 Å². The second kappa shape index (κ2) is 8.22. The van der Waals surface area contributed by atoms with Crippen LogP contribution in [0.2, 0.25) is 0 Å². The average molecular weight is 498 g/mol. The molecule has 0 amide bonds. The molecule has 0 saturated carbocycles. The van der Waals surface area contributed by atoms with E-state index in [4.69, 9.17) is 11.5 Å². The fraction of sp³-hybridized carbons (Fsp3) is 0.200. The first kappa shape index (κ1) is 24.1. The van der Waals surface area contributed by atoms with Crippen molar-refractivity contribution in [3.8, 4) is 11.1 Å².